The van der Waals surface area contributed by atoms with Crippen molar-refractivity contribution in [1.82, 2.24) is 0 Å². The van der Waals surface area contributed by atoms with Crippen molar-refractivity contribution in [2.75, 3.05) is 25.0 Å². The highest BCUT2D eigenvalue weighted by molar-refractivity contribution is 5.44. The zero-order chi connectivity index (χ0) is 11.3. The van der Waals surface area contributed by atoms with E-state index in [2.05, 4.69) is 50.1 Å². The molecule has 0 aliphatic heterocycles. The van der Waals surface area contributed by atoms with Crippen LogP contribution in [0.1, 0.15) is 20.3 Å². The number of rotatable bonds is 5. The molecule has 1 rings (SSSR count). The van der Waals surface area contributed by atoms with Crippen LogP contribution in [-0.4, -0.2) is 20.1 Å². The molecule has 84 valence electrons. The second-order valence-electron chi connectivity index (χ2n) is 4.88. The van der Waals surface area contributed by atoms with E-state index in [0.717, 1.165) is 19.5 Å². The molecule has 0 atom stereocenters. The molecule has 2 N–H and O–H groups in total. The Morgan fingerprint density at radius 1 is 1.20 bits per heavy atom. The molecule has 0 fully saturated rings. The van der Waals surface area contributed by atoms with E-state index >= 15 is 0 Å². The van der Waals surface area contributed by atoms with Gasteiger partial charge in [0.25, 0.3) is 0 Å². The summed E-state index contributed by atoms with van der Waals surface area (Å²) < 4.78 is 0. The van der Waals surface area contributed by atoms with Gasteiger partial charge in [-0.2, -0.15) is 0 Å². The number of hydrogen-bond acceptors (Lipinski definition) is 2. The van der Waals surface area contributed by atoms with E-state index in [9.17, 15) is 0 Å². The molecular weight excluding hydrogens is 184 g/mol. The zero-order valence-electron chi connectivity index (χ0n) is 10.0. The predicted octanol–water partition coefficient (Wildman–Crippen LogP) is 2.50. The van der Waals surface area contributed by atoms with Crippen LogP contribution < -0.4 is 10.6 Å². The van der Waals surface area contributed by atoms with Crippen LogP contribution in [0.15, 0.2) is 30.3 Å². The fourth-order valence-corrected chi connectivity index (χ4v) is 1.38. The van der Waals surface area contributed by atoms with Crippen molar-refractivity contribution in [3.05, 3.63) is 30.3 Å². The van der Waals surface area contributed by atoms with Crippen LogP contribution in [0.5, 0.6) is 0 Å². The summed E-state index contributed by atoms with van der Waals surface area (Å²) in [6.07, 6.45) is 1.12. The van der Waals surface area contributed by atoms with E-state index < -0.39 is 0 Å². The first-order chi connectivity index (χ1) is 7.05. The molecule has 2 heteroatoms. The molecule has 0 saturated heterocycles. The third-order valence-electron chi connectivity index (χ3n) is 2.87. The van der Waals surface area contributed by atoms with E-state index in [1.807, 2.05) is 6.07 Å². The van der Waals surface area contributed by atoms with Crippen molar-refractivity contribution >= 4 is 5.69 Å². The van der Waals surface area contributed by atoms with Crippen LogP contribution in [0.3, 0.4) is 0 Å². The smallest absolute Gasteiger partial charge is 0.0363 e. The Balaban J connectivity index is 2.47. The van der Waals surface area contributed by atoms with Gasteiger partial charge in [0, 0.05) is 19.3 Å². The summed E-state index contributed by atoms with van der Waals surface area (Å²) in [6, 6.07) is 10.5. The minimum atomic E-state index is 0.239. The topological polar surface area (TPSA) is 29.3 Å². The Bertz CT molecular complexity index is 280. The number of nitrogens with two attached hydrogens (primary N) is 1. The highest BCUT2D eigenvalue weighted by Gasteiger charge is 2.15. The van der Waals surface area contributed by atoms with Gasteiger partial charge >= 0.3 is 0 Å². The highest BCUT2D eigenvalue weighted by Crippen LogP contribution is 2.20. The lowest BCUT2D eigenvalue weighted by molar-refractivity contribution is 0.351. The molecule has 0 amide bonds. The largest absolute Gasteiger partial charge is 0.375 e. The second kappa shape index (κ2) is 5.17. The van der Waals surface area contributed by atoms with Crippen LogP contribution in [0.25, 0.3) is 0 Å². The van der Waals surface area contributed by atoms with Crippen molar-refractivity contribution in [2.45, 2.75) is 20.3 Å². The number of hydrogen-bond donors (Lipinski definition) is 1. The second-order valence-corrected chi connectivity index (χ2v) is 4.88. The van der Waals surface area contributed by atoms with Crippen molar-refractivity contribution in [2.24, 2.45) is 11.1 Å². The molecule has 1 aromatic rings. The van der Waals surface area contributed by atoms with Gasteiger partial charge in [0.2, 0.25) is 0 Å². The quantitative estimate of drug-likeness (QED) is 0.802. The summed E-state index contributed by atoms with van der Waals surface area (Å²) in [5.74, 6) is 0. The predicted molar refractivity (Wildman–Crippen MR) is 67.2 cm³/mol. The lowest BCUT2D eigenvalue weighted by Gasteiger charge is -2.27. The minimum Gasteiger partial charge on any atom is -0.375 e. The van der Waals surface area contributed by atoms with Crippen LogP contribution in [0.2, 0.25) is 0 Å². The van der Waals surface area contributed by atoms with Gasteiger partial charge in [-0.15, -0.1) is 0 Å². The first-order valence-corrected chi connectivity index (χ1v) is 5.51. The van der Waals surface area contributed by atoms with Crippen molar-refractivity contribution in [1.29, 1.82) is 0 Å². The molecule has 0 aromatic heterocycles. The monoisotopic (exact) mass is 206 g/mol. The lowest BCUT2D eigenvalue weighted by Crippen LogP contribution is -2.29. The van der Waals surface area contributed by atoms with Crippen LogP contribution >= 0.6 is 0 Å². The van der Waals surface area contributed by atoms with Crippen molar-refractivity contribution < 1.29 is 0 Å². The molecule has 2 nitrogen and oxygen atoms in total. The van der Waals surface area contributed by atoms with Gasteiger partial charge in [-0.25, -0.2) is 0 Å². The number of nitrogens with zero attached hydrogens (tertiary/aromatic N) is 1. The first-order valence-electron chi connectivity index (χ1n) is 5.51. The zero-order valence-corrected chi connectivity index (χ0v) is 10.0. The molecule has 0 radical (unpaired) electrons. The van der Waals surface area contributed by atoms with Gasteiger partial charge < -0.3 is 10.6 Å². The summed E-state index contributed by atoms with van der Waals surface area (Å²) in [5, 5.41) is 0. The van der Waals surface area contributed by atoms with E-state index in [4.69, 9.17) is 5.73 Å². The average Bonchev–Trinajstić information content (AvgIpc) is 2.27. The van der Waals surface area contributed by atoms with Gasteiger partial charge in [-0.1, -0.05) is 32.0 Å². The SMILES string of the molecule is CN(CCC(C)(C)CN)c1ccccc1. The first kappa shape index (κ1) is 12.1. The molecule has 0 bridgehead atoms. The summed E-state index contributed by atoms with van der Waals surface area (Å²) in [5.41, 5.74) is 7.22. The summed E-state index contributed by atoms with van der Waals surface area (Å²) in [7, 11) is 2.13. The van der Waals surface area contributed by atoms with E-state index in [1.165, 1.54) is 5.69 Å². The standard InChI is InChI=1S/C13H22N2/c1-13(2,11-14)9-10-15(3)12-7-5-4-6-8-12/h4-8H,9-11,14H2,1-3H3. The number of para-hydroxylation sites is 1. The average molecular weight is 206 g/mol. The maximum atomic E-state index is 5.71. The van der Waals surface area contributed by atoms with Gasteiger partial charge in [0.05, 0.1) is 0 Å². The van der Waals surface area contributed by atoms with Gasteiger partial charge in [-0.05, 0) is 30.5 Å². The van der Waals surface area contributed by atoms with Gasteiger partial charge in [0.1, 0.15) is 0 Å². The summed E-state index contributed by atoms with van der Waals surface area (Å²) in [4.78, 5) is 2.28. The maximum absolute atomic E-state index is 5.71. The van der Waals surface area contributed by atoms with E-state index in [0.29, 0.717) is 0 Å². The highest BCUT2D eigenvalue weighted by atomic mass is 15.1. The molecule has 15 heavy (non-hydrogen) atoms. The minimum absolute atomic E-state index is 0.239. The fourth-order valence-electron chi connectivity index (χ4n) is 1.38. The van der Waals surface area contributed by atoms with Crippen molar-refractivity contribution in [3.63, 3.8) is 0 Å². The van der Waals surface area contributed by atoms with E-state index in [1.54, 1.807) is 0 Å². The molecule has 0 heterocycles. The summed E-state index contributed by atoms with van der Waals surface area (Å²) >= 11 is 0. The molecular formula is C13H22N2. The summed E-state index contributed by atoms with van der Waals surface area (Å²) in [6.45, 7) is 6.22. The molecule has 0 unspecified atom stereocenters. The van der Waals surface area contributed by atoms with E-state index in [-0.39, 0.29) is 5.41 Å². The maximum Gasteiger partial charge on any atom is 0.0363 e. The Kier molecular flexibility index (Phi) is 4.15. The third kappa shape index (κ3) is 3.92. The third-order valence-corrected chi connectivity index (χ3v) is 2.87. The van der Waals surface area contributed by atoms with Gasteiger partial charge in [0.15, 0.2) is 0 Å². The Morgan fingerprint density at radius 3 is 2.33 bits per heavy atom. The van der Waals surface area contributed by atoms with Crippen LogP contribution in [0, 0.1) is 5.41 Å². The normalized spacial score (nSPS) is 11.5. The Labute approximate surface area is 93.1 Å². The molecule has 0 spiro atoms. The van der Waals surface area contributed by atoms with Gasteiger partial charge in [-0.3, -0.25) is 0 Å². The van der Waals surface area contributed by atoms with Crippen LogP contribution in [0.4, 0.5) is 5.69 Å². The Hall–Kier alpha value is -1.02. The molecule has 0 aliphatic rings. The lowest BCUT2D eigenvalue weighted by atomic mass is 9.89. The Morgan fingerprint density at radius 2 is 1.80 bits per heavy atom. The van der Waals surface area contributed by atoms with Crippen molar-refractivity contribution in [3.8, 4) is 0 Å². The number of benzene rings is 1. The molecule has 0 saturated carbocycles. The van der Waals surface area contributed by atoms with Crippen LogP contribution in [-0.2, 0) is 0 Å². The molecule has 0 aliphatic carbocycles. The number of anilines is 1. The molecule has 1 aromatic carbocycles. The fraction of sp³-hybridized carbons (Fsp3) is 0.538.